The van der Waals surface area contributed by atoms with Crippen LogP contribution in [0, 0.1) is 0 Å². The third-order valence-electron chi connectivity index (χ3n) is 3.40. The Morgan fingerprint density at radius 1 is 1.15 bits per heavy atom. The summed E-state index contributed by atoms with van der Waals surface area (Å²) in [7, 11) is -2.22. The summed E-state index contributed by atoms with van der Waals surface area (Å²) >= 11 is 8.88. The number of anilines is 2. The Bertz CT molecular complexity index is 1060. The minimum atomic E-state index is -3.86. The lowest BCUT2D eigenvalue weighted by Gasteiger charge is -2.09. The molecule has 0 saturated carbocycles. The quantitative estimate of drug-likeness (QED) is 0.590. The maximum atomic E-state index is 12.4. The van der Waals surface area contributed by atoms with Gasteiger partial charge in [0, 0.05) is 12.7 Å². The number of benzene rings is 1. The van der Waals surface area contributed by atoms with Crippen LogP contribution < -0.4 is 10.0 Å². The van der Waals surface area contributed by atoms with E-state index in [1.807, 2.05) is 0 Å². The van der Waals surface area contributed by atoms with Crippen LogP contribution in [0.5, 0.6) is 0 Å². The first kappa shape index (κ1) is 19.3. The van der Waals surface area contributed by atoms with Crippen molar-refractivity contribution in [3.05, 3.63) is 57.9 Å². The Labute approximate surface area is 167 Å². The number of hydrogen-bond donors (Lipinski definition) is 2. The van der Waals surface area contributed by atoms with Crippen molar-refractivity contribution in [2.75, 3.05) is 10.0 Å². The molecule has 0 atom stereocenters. The molecule has 0 aliphatic rings. The van der Waals surface area contributed by atoms with Gasteiger partial charge in [0.15, 0.2) is 11.0 Å². The third kappa shape index (κ3) is 4.43. The van der Waals surface area contributed by atoms with Crippen LogP contribution in [0.2, 0.25) is 5.15 Å². The highest BCUT2D eigenvalue weighted by Crippen LogP contribution is 2.20. The van der Waals surface area contributed by atoms with Crippen molar-refractivity contribution in [1.29, 1.82) is 0 Å². The van der Waals surface area contributed by atoms with Crippen molar-refractivity contribution in [3.8, 4) is 0 Å². The highest BCUT2D eigenvalue weighted by Gasteiger charge is 2.17. The van der Waals surface area contributed by atoms with E-state index in [0.29, 0.717) is 15.9 Å². The number of hydrogen-bond acceptors (Lipinski definition) is 6. The molecule has 2 N–H and O–H groups in total. The summed E-state index contributed by atoms with van der Waals surface area (Å²) in [5.74, 6) is -0.343. The minimum Gasteiger partial charge on any atom is -0.321 e. The van der Waals surface area contributed by atoms with Gasteiger partial charge < -0.3 is 5.32 Å². The molecule has 0 fully saturated rings. The van der Waals surface area contributed by atoms with E-state index >= 15 is 0 Å². The van der Waals surface area contributed by atoms with Gasteiger partial charge in [-0.25, -0.2) is 8.42 Å². The molecule has 12 heteroatoms. The summed E-state index contributed by atoms with van der Waals surface area (Å²) in [6.45, 7) is 0. The van der Waals surface area contributed by atoms with E-state index in [2.05, 4.69) is 41.3 Å². The summed E-state index contributed by atoms with van der Waals surface area (Å²) in [5, 5.41) is 14.0. The smallest absolute Gasteiger partial charge is 0.275 e. The average molecular weight is 472 g/mol. The molecule has 2 heterocycles. The molecule has 0 unspecified atom stereocenters. The summed E-state index contributed by atoms with van der Waals surface area (Å²) in [4.78, 5) is 12.3. The number of aromatic nitrogens is 4. The molecule has 3 rings (SSSR count). The standard InChI is InChI=1S/C15H12BrClN6O3S/c1-23-14(11(16)8-18-23)15(24)19-9-2-4-10(5-3-9)27(25,26)22-13-7-6-12(17)20-21-13/h2-8H,1H3,(H,19,24)(H,21,22). The van der Waals surface area contributed by atoms with Crippen molar-refractivity contribution >= 4 is 55.0 Å². The van der Waals surface area contributed by atoms with Gasteiger partial charge in [-0.05, 0) is 52.3 Å². The van der Waals surface area contributed by atoms with Crippen LogP contribution in [-0.2, 0) is 17.1 Å². The Morgan fingerprint density at radius 2 is 1.85 bits per heavy atom. The second kappa shape index (κ2) is 7.62. The zero-order valence-electron chi connectivity index (χ0n) is 13.7. The first-order valence-corrected chi connectivity index (χ1v) is 10.0. The number of carbonyl (C=O) groups excluding carboxylic acids is 1. The van der Waals surface area contributed by atoms with Gasteiger partial charge in [-0.1, -0.05) is 11.6 Å². The van der Waals surface area contributed by atoms with Crippen LogP contribution in [0.4, 0.5) is 11.5 Å². The maximum absolute atomic E-state index is 12.4. The second-order valence-electron chi connectivity index (χ2n) is 5.29. The lowest BCUT2D eigenvalue weighted by atomic mass is 10.3. The van der Waals surface area contributed by atoms with E-state index in [1.54, 1.807) is 7.05 Å². The van der Waals surface area contributed by atoms with Crippen molar-refractivity contribution in [3.63, 3.8) is 0 Å². The Balaban J connectivity index is 1.74. The number of aryl methyl sites for hydroxylation is 1. The van der Waals surface area contributed by atoms with Gasteiger partial charge in [0.1, 0.15) is 5.69 Å². The molecule has 0 aliphatic carbocycles. The van der Waals surface area contributed by atoms with Gasteiger partial charge in [0.05, 0.1) is 15.6 Å². The van der Waals surface area contributed by atoms with Crippen LogP contribution in [0.25, 0.3) is 0 Å². The molecular formula is C15H12BrClN6O3S. The van der Waals surface area contributed by atoms with E-state index in [1.165, 1.54) is 47.3 Å². The number of rotatable bonds is 5. The Morgan fingerprint density at radius 3 is 2.41 bits per heavy atom. The average Bonchev–Trinajstić information content (AvgIpc) is 2.96. The van der Waals surface area contributed by atoms with Crippen LogP contribution in [0.15, 0.2) is 52.0 Å². The van der Waals surface area contributed by atoms with Crippen LogP contribution >= 0.6 is 27.5 Å². The van der Waals surface area contributed by atoms with E-state index in [0.717, 1.165) is 0 Å². The first-order chi connectivity index (χ1) is 12.8. The summed E-state index contributed by atoms with van der Waals surface area (Å²) < 4.78 is 29.0. The number of halogens is 2. The van der Waals surface area contributed by atoms with Crippen molar-refractivity contribution in [2.45, 2.75) is 4.90 Å². The van der Waals surface area contributed by atoms with E-state index in [-0.39, 0.29) is 21.8 Å². The molecule has 0 spiro atoms. The monoisotopic (exact) mass is 470 g/mol. The third-order valence-corrected chi connectivity index (χ3v) is 5.56. The minimum absolute atomic E-state index is 0.000960. The first-order valence-electron chi connectivity index (χ1n) is 7.37. The number of nitrogens with one attached hydrogen (secondary N) is 2. The molecule has 2 aromatic heterocycles. The second-order valence-corrected chi connectivity index (χ2v) is 8.21. The van der Waals surface area contributed by atoms with Crippen LogP contribution in [-0.4, -0.2) is 34.3 Å². The molecule has 140 valence electrons. The topological polar surface area (TPSA) is 119 Å². The Kier molecular flexibility index (Phi) is 5.44. The number of carbonyl (C=O) groups is 1. The normalized spacial score (nSPS) is 11.2. The van der Waals surface area contributed by atoms with Crippen molar-refractivity contribution < 1.29 is 13.2 Å². The molecule has 3 aromatic rings. The van der Waals surface area contributed by atoms with Gasteiger partial charge in [-0.15, -0.1) is 10.2 Å². The Hall–Kier alpha value is -2.50. The van der Waals surface area contributed by atoms with E-state index in [4.69, 9.17) is 11.6 Å². The lowest BCUT2D eigenvalue weighted by Crippen LogP contribution is -2.17. The fourth-order valence-corrected chi connectivity index (χ4v) is 3.77. The summed E-state index contributed by atoms with van der Waals surface area (Å²) in [6.07, 6.45) is 1.51. The molecule has 1 amide bonds. The predicted molar refractivity (Wildman–Crippen MR) is 103 cm³/mol. The molecule has 1 aromatic carbocycles. The summed E-state index contributed by atoms with van der Waals surface area (Å²) in [5.41, 5.74) is 0.771. The van der Waals surface area contributed by atoms with Gasteiger partial charge >= 0.3 is 0 Å². The fourth-order valence-electron chi connectivity index (χ4n) is 2.14. The number of nitrogens with zero attached hydrogens (tertiary/aromatic N) is 4. The fraction of sp³-hybridized carbons (Fsp3) is 0.0667. The molecule has 0 bridgehead atoms. The summed E-state index contributed by atoms with van der Waals surface area (Å²) in [6, 6.07) is 8.49. The number of sulfonamides is 1. The largest absolute Gasteiger partial charge is 0.321 e. The van der Waals surface area contributed by atoms with Gasteiger partial charge in [-0.2, -0.15) is 5.10 Å². The number of amides is 1. The molecule has 0 saturated heterocycles. The lowest BCUT2D eigenvalue weighted by molar-refractivity contribution is 0.101. The maximum Gasteiger partial charge on any atom is 0.275 e. The molecular weight excluding hydrogens is 460 g/mol. The van der Waals surface area contributed by atoms with E-state index < -0.39 is 10.0 Å². The van der Waals surface area contributed by atoms with E-state index in [9.17, 15) is 13.2 Å². The molecule has 9 nitrogen and oxygen atoms in total. The highest BCUT2D eigenvalue weighted by molar-refractivity contribution is 9.10. The predicted octanol–water partition coefficient (Wildman–Crippen LogP) is 2.68. The van der Waals surface area contributed by atoms with Gasteiger partial charge in [-0.3, -0.25) is 14.2 Å². The molecule has 0 radical (unpaired) electrons. The zero-order valence-corrected chi connectivity index (χ0v) is 16.9. The molecule has 27 heavy (non-hydrogen) atoms. The SMILES string of the molecule is Cn1ncc(Br)c1C(=O)Nc1ccc(S(=O)(=O)Nc2ccc(Cl)nn2)cc1. The van der Waals surface area contributed by atoms with Gasteiger partial charge in [0.2, 0.25) is 0 Å². The van der Waals surface area contributed by atoms with Crippen LogP contribution in [0.3, 0.4) is 0 Å². The van der Waals surface area contributed by atoms with Crippen molar-refractivity contribution in [2.24, 2.45) is 7.05 Å². The highest BCUT2D eigenvalue weighted by atomic mass is 79.9. The zero-order chi connectivity index (χ0) is 19.6. The van der Waals surface area contributed by atoms with Crippen LogP contribution in [0.1, 0.15) is 10.5 Å². The molecule has 0 aliphatic heterocycles. The van der Waals surface area contributed by atoms with Crippen molar-refractivity contribution in [1.82, 2.24) is 20.0 Å². The van der Waals surface area contributed by atoms with Gasteiger partial charge in [0.25, 0.3) is 15.9 Å².